The van der Waals surface area contributed by atoms with Crippen molar-refractivity contribution >= 4 is 16.8 Å². The van der Waals surface area contributed by atoms with Gasteiger partial charge in [-0.1, -0.05) is 24.3 Å². The first-order chi connectivity index (χ1) is 10.8. The molecule has 0 amide bonds. The van der Waals surface area contributed by atoms with Crippen LogP contribution in [0.1, 0.15) is 23.2 Å². The van der Waals surface area contributed by atoms with Gasteiger partial charge in [0.2, 0.25) is 0 Å². The SMILES string of the molecule is O=C(Cl)c1ccc(-c2ccc(OCCCC(F)(F)F)cc2)cc1. The molecule has 2 rings (SSSR count). The smallest absolute Gasteiger partial charge is 0.389 e. The predicted molar refractivity (Wildman–Crippen MR) is 82.8 cm³/mol. The number of alkyl halides is 3. The number of ether oxygens (including phenoxy) is 1. The van der Waals surface area contributed by atoms with Crippen molar-refractivity contribution in [1.82, 2.24) is 0 Å². The molecule has 0 saturated carbocycles. The fourth-order valence-electron chi connectivity index (χ4n) is 2.00. The Morgan fingerprint density at radius 1 is 0.957 bits per heavy atom. The number of carbonyl (C=O) groups is 1. The van der Waals surface area contributed by atoms with E-state index in [-0.39, 0.29) is 13.0 Å². The molecule has 0 aliphatic carbocycles. The lowest BCUT2D eigenvalue weighted by atomic mass is 10.0. The Hall–Kier alpha value is -2.01. The summed E-state index contributed by atoms with van der Waals surface area (Å²) in [5.74, 6) is 0.517. The zero-order chi connectivity index (χ0) is 16.9. The maximum atomic E-state index is 12.0. The van der Waals surface area contributed by atoms with Gasteiger partial charge in [0, 0.05) is 12.0 Å². The lowest BCUT2D eigenvalue weighted by Crippen LogP contribution is -2.09. The van der Waals surface area contributed by atoms with Gasteiger partial charge in [-0.15, -0.1) is 0 Å². The van der Waals surface area contributed by atoms with E-state index < -0.39 is 17.8 Å². The van der Waals surface area contributed by atoms with Gasteiger partial charge in [0.25, 0.3) is 5.24 Å². The van der Waals surface area contributed by atoms with Crippen molar-refractivity contribution in [2.45, 2.75) is 19.0 Å². The Morgan fingerprint density at radius 3 is 1.96 bits per heavy atom. The van der Waals surface area contributed by atoms with Crippen molar-refractivity contribution in [1.29, 1.82) is 0 Å². The van der Waals surface area contributed by atoms with E-state index in [4.69, 9.17) is 16.3 Å². The molecule has 0 saturated heterocycles. The van der Waals surface area contributed by atoms with Crippen LogP contribution < -0.4 is 4.74 Å². The molecule has 0 bridgehead atoms. The molecule has 0 aliphatic rings. The summed E-state index contributed by atoms with van der Waals surface area (Å²) in [4.78, 5) is 11.0. The normalized spacial score (nSPS) is 11.3. The van der Waals surface area contributed by atoms with Gasteiger partial charge in [0.15, 0.2) is 0 Å². The molecule has 2 aromatic carbocycles. The quantitative estimate of drug-likeness (QED) is 0.515. The Bertz CT molecular complexity index is 649. The molecule has 2 nitrogen and oxygen atoms in total. The molecule has 0 aromatic heterocycles. The number of rotatable bonds is 6. The second-order valence-electron chi connectivity index (χ2n) is 4.94. The van der Waals surface area contributed by atoms with E-state index in [2.05, 4.69) is 0 Å². The van der Waals surface area contributed by atoms with Crippen LogP contribution in [0.25, 0.3) is 11.1 Å². The standard InChI is InChI=1S/C17H14ClF3O2/c18-16(22)14-4-2-12(3-5-14)13-6-8-15(9-7-13)23-11-1-10-17(19,20)21/h2-9H,1,10-11H2. The van der Waals surface area contributed by atoms with Gasteiger partial charge in [-0.2, -0.15) is 13.2 Å². The number of hydrogen-bond acceptors (Lipinski definition) is 2. The molecule has 0 heterocycles. The minimum atomic E-state index is -4.15. The van der Waals surface area contributed by atoms with Gasteiger partial charge >= 0.3 is 6.18 Å². The van der Waals surface area contributed by atoms with Crippen molar-refractivity contribution in [3.63, 3.8) is 0 Å². The van der Waals surface area contributed by atoms with Crippen LogP contribution in [0.4, 0.5) is 13.2 Å². The molecule has 122 valence electrons. The second kappa shape index (κ2) is 7.51. The first-order valence-corrected chi connectivity index (χ1v) is 7.33. The summed E-state index contributed by atoms with van der Waals surface area (Å²) in [7, 11) is 0. The zero-order valence-electron chi connectivity index (χ0n) is 12.1. The highest BCUT2D eigenvalue weighted by Crippen LogP contribution is 2.24. The number of hydrogen-bond donors (Lipinski definition) is 0. The molecule has 6 heteroatoms. The molecule has 2 aromatic rings. The molecule has 0 aliphatic heterocycles. The molecule has 0 radical (unpaired) electrons. The summed E-state index contributed by atoms with van der Waals surface area (Å²) in [6.07, 6.45) is -5.07. The van der Waals surface area contributed by atoms with E-state index in [0.29, 0.717) is 11.3 Å². The Kier molecular flexibility index (Phi) is 5.66. The molecule has 0 spiro atoms. The second-order valence-corrected chi connectivity index (χ2v) is 5.29. The van der Waals surface area contributed by atoms with E-state index in [1.807, 2.05) is 0 Å². The molecular weight excluding hydrogens is 329 g/mol. The topological polar surface area (TPSA) is 26.3 Å². The third-order valence-corrected chi connectivity index (χ3v) is 3.39. The van der Waals surface area contributed by atoms with Crippen molar-refractivity contribution in [2.75, 3.05) is 6.61 Å². The monoisotopic (exact) mass is 342 g/mol. The first-order valence-electron chi connectivity index (χ1n) is 6.95. The first kappa shape index (κ1) is 17.3. The average Bonchev–Trinajstić information content (AvgIpc) is 2.51. The third-order valence-electron chi connectivity index (χ3n) is 3.17. The maximum Gasteiger partial charge on any atom is 0.389 e. The third kappa shape index (κ3) is 5.60. The maximum absolute atomic E-state index is 12.0. The summed E-state index contributed by atoms with van der Waals surface area (Å²) in [6.45, 7) is 0.0192. The van der Waals surface area contributed by atoms with Crippen LogP contribution in [-0.2, 0) is 0 Å². The number of benzene rings is 2. The van der Waals surface area contributed by atoms with Crippen LogP contribution in [-0.4, -0.2) is 18.0 Å². The molecule has 23 heavy (non-hydrogen) atoms. The van der Waals surface area contributed by atoms with Crippen molar-refractivity contribution in [2.24, 2.45) is 0 Å². The summed E-state index contributed by atoms with van der Waals surface area (Å²) >= 11 is 5.39. The average molecular weight is 343 g/mol. The molecular formula is C17H14ClF3O2. The molecule has 0 N–H and O–H groups in total. The highest BCUT2D eigenvalue weighted by atomic mass is 35.5. The Balaban J connectivity index is 1.92. The predicted octanol–water partition coefficient (Wildman–Crippen LogP) is 5.45. The van der Waals surface area contributed by atoms with Gasteiger partial charge in [0.1, 0.15) is 5.75 Å². The van der Waals surface area contributed by atoms with E-state index in [0.717, 1.165) is 11.1 Å². The van der Waals surface area contributed by atoms with Crippen LogP contribution in [0, 0.1) is 0 Å². The van der Waals surface area contributed by atoms with Crippen LogP contribution in [0.2, 0.25) is 0 Å². The number of carbonyl (C=O) groups excluding carboxylic acids is 1. The molecule has 0 atom stereocenters. The van der Waals surface area contributed by atoms with Crippen LogP contribution in [0.5, 0.6) is 5.75 Å². The van der Waals surface area contributed by atoms with E-state index in [9.17, 15) is 18.0 Å². The van der Waals surface area contributed by atoms with E-state index in [1.54, 1.807) is 48.5 Å². The Labute approximate surface area is 136 Å². The van der Waals surface area contributed by atoms with Crippen LogP contribution >= 0.6 is 11.6 Å². The van der Waals surface area contributed by atoms with Crippen molar-refractivity contribution in [3.05, 3.63) is 54.1 Å². The van der Waals surface area contributed by atoms with Crippen LogP contribution in [0.15, 0.2) is 48.5 Å². The van der Waals surface area contributed by atoms with Gasteiger partial charge in [-0.05, 0) is 53.4 Å². The summed E-state index contributed by atoms with van der Waals surface area (Å²) < 4.78 is 41.3. The zero-order valence-corrected chi connectivity index (χ0v) is 12.8. The molecule has 0 unspecified atom stereocenters. The summed E-state index contributed by atoms with van der Waals surface area (Å²) in [6, 6.07) is 13.8. The van der Waals surface area contributed by atoms with Gasteiger partial charge in [-0.3, -0.25) is 4.79 Å². The summed E-state index contributed by atoms with van der Waals surface area (Å²) in [5.41, 5.74) is 2.22. The minimum Gasteiger partial charge on any atom is -0.494 e. The Morgan fingerprint density at radius 2 is 1.48 bits per heavy atom. The summed E-state index contributed by atoms with van der Waals surface area (Å²) in [5, 5.41) is -0.515. The highest BCUT2D eigenvalue weighted by Gasteiger charge is 2.26. The number of halogens is 4. The van der Waals surface area contributed by atoms with E-state index >= 15 is 0 Å². The van der Waals surface area contributed by atoms with E-state index in [1.165, 1.54) is 0 Å². The lowest BCUT2D eigenvalue weighted by Gasteiger charge is -2.09. The van der Waals surface area contributed by atoms with Gasteiger partial charge < -0.3 is 4.74 Å². The minimum absolute atomic E-state index is 0.0192. The molecule has 0 fully saturated rings. The van der Waals surface area contributed by atoms with Gasteiger partial charge in [0.05, 0.1) is 6.61 Å². The van der Waals surface area contributed by atoms with Crippen molar-refractivity contribution < 1.29 is 22.7 Å². The van der Waals surface area contributed by atoms with Gasteiger partial charge in [-0.25, -0.2) is 0 Å². The van der Waals surface area contributed by atoms with Crippen molar-refractivity contribution in [3.8, 4) is 16.9 Å². The highest BCUT2D eigenvalue weighted by molar-refractivity contribution is 6.67. The largest absolute Gasteiger partial charge is 0.494 e. The fraction of sp³-hybridized carbons (Fsp3) is 0.235. The fourth-order valence-corrected chi connectivity index (χ4v) is 2.13. The lowest BCUT2D eigenvalue weighted by molar-refractivity contribution is -0.136. The van der Waals surface area contributed by atoms with Crippen LogP contribution in [0.3, 0.4) is 0 Å².